The largest absolute Gasteiger partial charge is 0.507 e. The number of phenolic OH excluding ortho intramolecular Hbond substituents is 2. The smallest absolute Gasteiger partial charge is 0.202 e. The summed E-state index contributed by atoms with van der Waals surface area (Å²) in [6.45, 7) is 9.90. The van der Waals surface area contributed by atoms with Crippen LogP contribution in [0, 0.1) is 11.8 Å². The van der Waals surface area contributed by atoms with Crippen LogP contribution in [0.3, 0.4) is 0 Å². The molecule has 0 saturated carbocycles. The van der Waals surface area contributed by atoms with E-state index in [-0.39, 0.29) is 58.1 Å². The van der Waals surface area contributed by atoms with Crippen molar-refractivity contribution in [1.29, 1.82) is 0 Å². The molecule has 1 saturated heterocycles. The van der Waals surface area contributed by atoms with E-state index in [1.54, 1.807) is 25.1 Å². The van der Waals surface area contributed by atoms with Crippen molar-refractivity contribution in [2.45, 2.75) is 84.4 Å². The number of allylic oxidation sites excluding steroid dienone is 1. The first-order valence-corrected chi connectivity index (χ1v) is 14.0. The maximum atomic E-state index is 13.8. The molecular weight excluding hydrogens is 512 g/mol. The van der Waals surface area contributed by atoms with Crippen LogP contribution < -0.4 is 4.74 Å². The molecule has 8 heteroatoms. The minimum absolute atomic E-state index is 0.0379. The Labute approximate surface area is 234 Å². The second-order valence-corrected chi connectivity index (χ2v) is 11.4. The van der Waals surface area contributed by atoms with Gasteiger partial charge >= 0.3 is 0 Å². The lowest BCUT2D eigenvalue weighted by molar-refractivity contribution is -0.244. The lowest BCUT2D eigenvalue weighted by Gasteiger charge is -2.44. The van der Waals surface area contributed by atoms with E-state index >= 15 is 0 Å². The van der Waals surface area contributed by atoms with Gasteiger partial charge in [0.05, 0.1) is 41.6 Å². The minimum Gasteiger partial charge on any atom is -0.507 e. The number of ether oxygens (including phenoxy) is 3. The highest BCUT2D eigenvalue weighted by Gasteiger charge is 2.48. The van der Waals surface area contributed by atoms with Crippen LogP contribution in [-0.2, 0) is 15.9 Å². The molecule has 0 amide bonds. The van der Waals surface area contributed by atoms with Gasteiger partial charge in [-0.3, -0.25) is 9.59 Å². The summed E-state index contributed by atoms with van der Waals surface area (Å²) >= 11 is 0. The molecule has 0 aromatic heterocycles. The van der Waals surface area contributed by atoms with Gasteiger partial charge in [0.1, 0.15) is 17.2 Å². The molecule has 0 unspecified atom stereocenters. The Hall–Kier alpha value is -3.20. The van der Waals surface area contributed by atoms with E-state index in [4.69, 9.17) is 14.2 Å². The first-order chi connectivity index (χ1) is 19.0. The van der Waals surface area contributed by atoms with E-state index < -0.39 is 41.1 Å². The average Bonchev–Trinajstić information content (AvgIpc) is 2.94. The summed E-state index contributed by atoms with van der Waals surface area (Å²) < 4.78 is 18.1. The van der Waals surface area contributed by atoms with Gasteiger partial charge < -0.3 is 29.5 Å². The van der Waals surface area contributed by atoms with Crippen LogP contribution in [0.15, 0.2) is 29.8 Å². The zero-order valence-corrected chi connectivity index (χ0v) is 23.9. The number of benzene rings is 2. The van der Waals surface area contributed by atoms with Crippen LogP contribution in [0.5, 0.6) is 17.2 Å². The number of carbonyl (C=O) groups is 2. The van der Waals surface area contributed by atoms with Crippen LogP contribution in [-0.4, -0.2) is 52.0 Å². The van der Waals surface area contributed by atoms with E-state index in [0.717, 1.165) is 6.42 Å². The van der Waals surface area contributed by atoms with Gasteiger partial charge in [0.25, 0.3) is 0 Å². The third kappa shape index (κ3) is 4.24. The summed E-state index contributed by atoms with van der Waals surface area (Å²) in [6.07, 6.45) is 1.81. The van der Waals surface area contributed by atoms with Crippen LogP contribution >= 0.6 is 0 Å². The van der Waals surface area contributed by atoms with Crippen LogP contribution in [0.4, 0.5) is 0 Å². The molecule has 2 aromatic carbocycles. The molecule has 2 aliphatic carbocycles. The highest BCUT2D eigenvalue weighted by atomic mass is 16.7. The number of ketones is 2. The van der Waals surface area contributed by atoms with E-state index in [9.17, 15) is 24.9 Å². The molecule has 0 bridgehead atoms. The summed E-state index contributed by atoms with van der Waals surface area (Å²) in [7, 11) is 1.40. The first kappa shape index (κ1) is 28.3. The van der Waals surface area contributed by atoms with Crippen molar-refractivity contribution < 1.29 is 39.1 Å². The topological polar surface area (TPSA) is 123 Å². The quantitative estimate of drug-likeness (QED) is 0.286. The third-order valence-corrected chi connectivity index (χ3v) is 9.43. The molecule has 1 fully saturated rings. The second-order valence-electron chi connectivity index (χ2n) is 11.4. The van der Waals surface area contributed by atoms with Gasteiger partial charge in [-0.05, 0) is 44.2 Å². The molecule has 214 valence electrons. The number of methoxy groups -OCH3 is 1. The van der Waals surface area contributed by atoms with Crippen molar-refractivity contribution >= 4 is 11.6 Å². The predicted molar refractivity (Wildman–Crippen MR) is 148 cm³/mol. The number of hydrogen-bond acceptors (Lipinski definition) is 8. The molecule has 40 heavy (non-hydrogen) atoms. The number of fused-ring (bicyclic) bond motifs is 3. The lowest BCUT2D eigenvalue weighted by atomic mass is 9.71. The van der Waals surface area contributed by atoms with Crippen molar-refractivity contribution in [2.24, 2.45) is 11.8 Å². The standard InChI is InChI=1S/C32H38O8/c1-7-15(3)32(37)13-20-25(22(14-32)40-23-12-18(8-2)16(4)17(5)39-23)31(36)27-26(29(20)34)28(33)19-10-9-11-21(38-6)24(19)30(27)35/h7,9-11,16-18,22-23,34,36-37H,8,12-14H2,1-6H3/b15-7-/t16-,17+,18+,22+,23+,32+/m1/s1. The fourth-order valence-corrected chi connectivity index (χ4v) is 6.68. The van der Waals surface area contributed by atoms with E-state index in [1.807, 2.05) is 13.8 Å². The monoisotopic (exact) mass is 550 g/mol. The number of aromatic hydroxyl groups is 2. The second kappa shape index (κ2) is 10.3. The predicted octanol–water partition coefficient (Wildman–Crippen LogP) is 5.38. The SMILES string of the molecule is C/C=C(/C)[C@]1(O)Cc2c(O)c3c(c(O)c2[C@@H](O[C@H]2C[C@H](CC)[C@H](C)[C@H](C)O2)C1)C(=O)c1c(OC)cccc1C3=O. The molecule has 0 radical (unpaired) electrons. The Kier molecular flexibility index (Phi) is 7.31. The Balaban J connectivity index is 1.68. The van der Waals surface area contributed by atoms with E-state index in [0.29, 0.717) is 23.8 Å². The summed E-state index contributed by atoms with van der Waals surface area (Å²) in [6, 6.07) is 4.66. The fraction of sp³-hybridized carbons (Fsp3) is 0.500. The molecule has 6 atom stereocenters. The van der Waals surface area contributed by atoms with Crippen LogP contribution in [0.2, 0.25) is 0 Å². The number of carbonyl (C=O) groups excluding carboxylic acids is 2. The van der Waals surface area contributed by atoms with Crippen molar-refractivity contribution in [1.82, 2.24) is 0 Å². The van der Waals surface area contributed by atoms with Gasteiger partial charge in [-0.15, -0.1) is 0 Å². The highest BCUT2D eigenvalue weighted by molar-refractivity contribution is 6.31. The maximum absolute atomic E-state index is 13.8. The van der Waals surface area contributed by atoms with Crippen LogP contribution in [0.25, 0.3) is 0 Å². The van der Waals surface area contributed by atoms with Gasteiger partial charge in [-0.1, -0.05) is 38.5 Å². The summed E-state index contributed by atoms with van der Waals surface area (Å²) in [5.74, 6) is -1.17. The molecule has 3 aliphatic rings. The highest BCUT2D eigenvalue weighted by Crippen LogP contribution is 2.53. The molecule has 0 spiro atoms. The maximum Gasteiger partial charge on any atom is 0.202 e. The van der Waals surface area contributed by atoms with Gasteiger partial charge in [0, 0.05) is 36.0 Å². The Morgan fingerprint density at radius 1 is 1.12 bits per heavy atom. The molecular formula is C32H38O8. The number of phenols is 2. The molecule has 1 aliphatic heterocycles. The van der Waals surface area contributed by atoms with Gasteiger partial charge in [0.2, 0.25) is 5.78 Å². The van der Waals surface area contributed by atoms with Crippen molar-refractivity contribution in [2.75, 3.05) is 7.11 Å². The molecule has 3 N–H and O–H groups in total. The molecule has 8 nitrogen and oxygen atoms in total. The van der Waals surface area contributed by atoms with Crippen LogP contribution in [0.1, 0.15) is 103 Å². The molecule has 5 rings (SSSR count). The van der Waals surface area contributed by atoms with Gasteiger partial charge in [-0.25, -0.2) is 0 Å². The van der Waals surface area contributed by atoms with E-state index in [2.05, 4.69) is 13.8 Å². The number of hydrogen-bond donors (Lipinski definition) is 3. The number of aliphatic hydroxyl groups is 1. The third-order valence-electron chi connectivity index (χ3n) is 9.43. The normalized spacial score (nSPS) is 30.0. The molecule has 1 heterocycles. The summed E-state index contributed by atoms with van der Waals surface area (Å²) in [4.78, 5) is 27.5. The summed E-state index contributed by atoms with van der Waals surface area (Å²) in [5, 5.41) is 35.1. The van der Waals surface area contributed by atoms with Crippen molar-refractivity contribution in [3.05, 3.63) is 63.2 Å². The Bertz CT molecular complexity index is 1410. The zero-order chi connectivity index (χ0) is 29.1. The first-order valence-electron chi connectivity index (χ1n) is 14.0. The Morgan fingerprint density at radius 2 is 1.82 bits per heavy atom. The average molecular weight is 551 g/mol. The fourth-order valence-electron chi connectivity index (χ4n) is 6.68. The lowest BCUT2D eigenvalue weighted by Crippen LogP contribution is -2.43. The van der Waals surface area contributed by atoms with E-state index in [1.165, 1.54) is 13.2 Å². The Morgan fingerprint density at radius 3 is 2.48 bits per heavy atom. The van der Waals surface area contributed by atoms with Gasteiger partial charge in [-0.2, -0.15) is 0 Å². The van der Waals surface area contributed by atoms with Crippen molar-refractivity contribution in [3.8, 4) is 17.2 Å². The molecule has 2 aromatic rings. The summed E-state index contributed by atoms with van der Waals surface area (Å²) in [5.41, 5.74) is -0.789. The zero-order valence-electron chi connectivity index (χ0n) is 23.9. The van der Waals surface area contributed by atoms with Gasteiger partial charge in [0.15, 0.2) is 12.1 Å². The van der Waals surface area contributed by atoms with Crippen molar-refractivity contribution in [3.63, 3.8) is 0 Å². The minimum atomic E-state index is -1.41. The number of rotatable bonds is 5.